The molecule has 2 aromatic rings. The average molecular weight is 258 g/mol. The number of nitrogens with one attached hydrogen (secondary N) is 1. The minimum absolute atomic E-state index is 0.526. The van der Waals surface area contributed by atoms with Gasteiger partial charge in [0.05, 0.1) is 0 Å². The second kappa shape index (κ2) is 4.97. The first-order valence-electron chi connectivity index (χ1n) is 6.62. The highest BCUT2D eigenvalue weighted by Crippen LogP contribution is 2.34. The molecule has 0 radical (unpaired) electrons. The Hall–Kier alpha value is -1.95. The molecule has 1 saturated carbocycles. The molecule has 6 nitrogen and oxygen atoms in total. The maximum absolute atomic E-state index is 5.50. The molecule has 0 aromatic carbocycles. The van der Waals surface area contributed by atoms with Crippen molar-refractivity contribution in [2.75, 3.05) is 5.43 Å². The van der Waals surface area contributed by atoms with E-state index in [4.69, 9.17) is 5.84 Å². The number of rotatable bonds is 3. The fourth-order valence-corrected chi connectivity index (χ4v) is 2.62. The fraction of sp³-hybridized carbons (Fsp3) is 0.462. The second-order valence-corrected chi connectivity index (χ2v) is 5.00. The molecule has 0 saturated heterocycles. The van der Waals surface area contributed by atoms with Gasteiger partial charge in [-0.15, -0.1) is 0 Å². The Morgan fingerprint density at radius 2 is 2.11 bits per heavy atom. The van der Waals surface area contributed by atoms with Gasteiger partial charge in [0.2, 0.25) is 0 Å². The molecule has 3 N–H and O–H groups in total. The predicted octanol–water partition coefficient (Wildman–Crippen LogP) is 1.82. The van der Waals surface area contributed by atoms with E-state index < -0.39 is 0 Å². The number of aromatic nitrogens is 4. The Bertz CT molecular complexity index is 570. The molecule has 1 aliphatic rings. The second-order valence-electron chi connectivity index (χ2n) is 5.00. The van der Waals surface area contributed by atoms with E-state index in [2.05, 4.69) is 20.5 Å². The van der Waals surface area contributed by atoms with Crippen LogP contribution < -0.4 is 11.3 Å². The molecule has 19 heavy (non-hydrogen) atoms. The van der Waals surface area contributed by atoms with E-state index in [-0.39, 0.29) is 0 Å². The molecule has 1 fully saturated rings. The lowest BCUT2D eigenvalue weighted by Gasteiger charge is -2.11. The van der Waals surface area contributed by atoms with Crippen LogP contribution in [0.5, 0.6) is 0 Å². The predicted molar refractivity (Wildman–Crippen MR) is 73.3 cm³/mol. The van der Waals surface area contributed by atoms with Crippen molar-refractivity contribution < 1.29 is 0 Å². The summed E-state index contributed by atoms with van der Waals surface area (Å²) in [7, 11) is 1.88. The topological polar surface area (TPSA) is 81.7 Å². The Balaban J connectivity index is 2.01. The van der Waals surface area contributed by atoms with Crippen molar-refractivity contribution in [2.45, 2.75) is 31.6 Å². The fourth-order valence-electron chi connectivity index (χ4n) is 2.62. The van der Waals surface area contributed by atoms with E-state index in [1.165, 1.54) is 25.7 Å². The van der Waals surface area contributed by atoms with Crippen molar-refractivity contribution >= 4 is 5.82 Å². The zero-order chi connectivity index (χ0) is 13.2. The number of nitrogen functional groups attached to an aromatic ring is 1. The smallest absolute Gasteiger partial charge is 0.182 e. The summed E-state index contributed by atoms with van der Waals surface area (Å²) in [6.45, 7) is 0. The first kappa shape index (κ1) is 12.1. The molecule has 1 aliphatic carbocycles. The van der Waals surface area contributed by atoms with Crippen molar-refractivity contribution in [3.05, 3.63) is 24.0 Å². The van der Waals surface area contributed by atoms with Gasteiger partial charge in [-0.3, -0.25) is 4.68 Å². The molecule has 0 atom stereocenters. The number of aryl methyl sites for hydroxylation is 1. The van der Waals surface area contributed by atoms with Gasteiger partial charge in [0.1, 0.15) is 11.5 Å². The Labute approximate surface area is 112 Å². The summed E-state index contributed by atoms with van der Waals surface area (Å²) < 4.78 is 1.75. The highest BCUT2D eigenvalue weighted by atomic mass is 15.3. The molecule has 0 spiro atoms. The van der Waals surface area contributed by atoms with Crippen LogP contribution in [0.3, 0.4) is 0 Å². The number of nitrogens with two attached hydrogens (primary N) is 1. The van der Waals surface area contributed by atoms with Crippen LogP contribution in [0.2, 0.25) is 0 Å². The monoisotopic (exact) mass is 258 g/mol. The first-order chi connectivity index (χ1) is 9.26. The zero-order valence-corrected chi connectivity index (χ0v) is 11.0. The van der Waals surface area contributed by atoms with Crippen molar-refractivity contribution in [3.63, 3.8) is 0 Å². The summed E-state index contributed by atoms with van der Waals surface area (Å²) in [5.74, 6) is 7.32. The molecule has 6 heteroatoms. The highest BCUT2D eigenvalue weighted by Gasteiger charge is 2.20. The van der Waals surface area contributed by atoms with Crippen LogP contribution >= 0.6 is 0 Å². The normalized spacial score (nSPS) is 15.9. The summed E-state index contributed by atoms with van der Waals surface area (Å²) in [5, 5.41) is 4.35. The van der Waals surface area contributed by atoms with Gasteiger partial charge in [-0.2, -0.15) is 5.10 Å². The molecule has 3 rings (SSSR count). The molecule has 100 valence electrons. The number of nitrogens with zero attached hydrogens (tertiary/aromatic N) is 4. The SMILES string of the molecule is Cn1ccc(-c2nc(NN)cc(C3CCCC3)n2)n1. The van der Waals surface area contributed by atoms with E-state index in [1.807, 2.05) is 25.4 Å². The van der Waals surface area contributed by atoms with Gasteiger partial charge in [0.15, 0.2) is 5.82 Å². The third-order valence-corrected chi connectivity index (χ3v) is 3.61. The van der Waals surface area contributed by atoms with Crippen molar-refractivity contribution in [1.82, 2.24) is 19.7 Å². The van der Waals surface area contributed by atoms with Gasteiger partial charge >= 0.3 is 0 Å². The average Bonchev–Trinajstić information content (AvgIpc) is 3.09. The van der Waals surface area contributed by atoms with Crippen LogP contribution in [0.1, 0.15) is 37.3 Å². The van der Waals surface area contributed by atoms with Gasteiger partial charge in [-0.25, -0.2) is 15.8 Å². The van der Waals surface area contributed by atoms with E-state index in [1.54, 1.807) is 4.68 Å². The van der Waals surface area contributed by atoms with Gasteiger partial charge in [0.25, 0.3) is 0 Å². The standard InChI is InChI=1S/C13H18N6/c1-19-7-6-10(18-19)13-15-11(8-12(16-13)17-14)9-4-2-3-5-9/h6-9H,2-5,14H2,1H3,(H,15,16,17). The van der Waals surface area contributed by atoms with Gasteiger partial charge in [-0.05, 0) is 18.9 Å². The Kier molecular flexibility index (Phi) is 3.16. The van der Waals surface area contributed by atoms with E-state index in [0.717, 1.165) is 11.4 Å². The summed E-state index contributed by atoms with van der Waals surface area (Å²) in [4.78, 5) is 9.05. The number of hydrazine groups is 1. The van der Waals surface area contributed by atoms with Gasteiger partial charge < -0.3 is 5.43 Å². The lowest BCUT2D eigenvalue weighted by atomic mass is 10.0. The quantitative estimate of drug-likeness (QED) is 0.648. The lowest BCUT2D eigenvalue weighted by Crippen LogP contribution is -2.11. The minimum atomic E-state index is 0.526. The number of hydrogen-bond donors (Lipinski definition) is 2. The summed E-state index contributed by atoms with van der Waals surface area (Å²) in [6.07, 6.45) is 6.83. The minimum Gasteiger partial charge on any atom is -0.308 e. The molecule has 0 unspecified atom stereocenters. The third kappa shape index (κ3) is 2.44. The largest absolute Gasteiger partial charge is 0.308 e. The van der Waals surface area contributed by atoms with Crippen molar-refractivity contribution in [3.8, 4) is 11.5 Å². The van der Waals surface area contributed by atoms with Crippen LogP contribution in [-0.4, -0.2) is 19.7 Å². The van der Waals surface area contributed by atoms with Crippen LogP contribution in [0, 0.1) is 0 Å². The molecule has 0 amide bonds. The van der Waals surface area contributed by atoms with Crippen LogP contribution in [0.15, 0.2) is 18.3 Å². The first-order valence-corrected chi connectivity index (χ1v) is 6.62. The van der Waals surface area contributed by atoms with E-state index in [0.29, 0.717) is 17.6 Å². The van der Waals surface area contributed by atoms with E-state index >= 15 is 0 Å². The zero-order valence-electron chi connectivity index (χ0n) is 11.0. The molecule has 2 aromatic heterocycles. The molecular formula is C13H18N6. The van der Waals surface area contributed by atoms with Crippen LogP contribution in [0.4, 0.5) is 5.82 Å². The lowest BCUT2D eigenvalue weighted by molar-refractivity contribution is 0.694. The van der Waals surface area contributed by atoms with E-state index in [9.17, 15) is 0 Å². The number of hydrogen-bond acceptors (Lipinski definition) is 5. The summed E-state index contributed by atoms with van der Waals surface area (Å²) in [5.41, 5.74) is 4.47. The highest BCUT2D eigenvalue weighted by molar-refractivity contribution is 5.52. The van der Waals surface area contributed by atoms with Crippen LogP contribution in [-0.2, 0) is 7.05 Å². The Morgan fingerprint density at radius 3 is 2.74 bits per heavy atom. The maximum atomic E-state index is 5.50. The van der Waals surface area contributed by atoms with Crippen molar-refractivity contribution in [2.24, 2.45) is 12.9 Å². The van der Waals surface area contributed by atoms with Gasteiger partial charge in [0, 0.05) is 30.9 Å². The molecular weight excluding hydrogens is 240 g/mol. The Morgan fingerprint density at radius 1 is 1.32 bits per heavy atom. The van der Waals surface area contributed by atoms with Crippen LogP contribution in [0.25, 0.3) is 11.5 Å². The summed E-state index contributed by atoms with van der Waals surface area (Å²) >= 11 is 0. The number of anilines is 1. The maximum Gasteiger partial charge on any atom is 0.182 e. The molecule has 0 aliphatic heterocycles. The summed E-state index contributed by atoms with van der Waals surface area (Å²) in [6, 6.07) is 3.86. The molecule has 2 heterocycles. The van der Waals surface area contributed by atoms with Gasteiger partial charge in [-0.1, -0.05) is 12.8 Å². The third-order valence-electron chi connectivity index (χ3n) is 3.61. The molecule has 0 bridgehead atoms. The van der Waals surface area contributed by atoms with Crippen molar-refractivity contribution in [1.29, 1.82) is 0 Å².